The molecule has 2 aromatic heterocycles. The molecule has 1 aromatic carbocycles. The van der Waals surface area contributed by atoms with Gasteiger partial charge < -0.3 is 14.6 Å². The van der Waals surface area contributed by atoms with Gasteiger partial charge in [-0.3, -0.25) is 4.79 Å². The number of anilines is 2. The largest absolute Gasteiger partial charge is 0.467 e. The molecule has 126 valence electrons. The van der Waals surface area contributed by atoms with E-state index >= 15 is 0 Å². The molecule has 3 aromatic rings. The average molecular weight is 334 g/mol. The first kappa shape index (κ1) is 15.4. The highest BCUT2D eigenvalue weighted by molar-refractivity contribution is 6.06. The van der Waals surface area contributed by atoms with Crippen molar-refractivity contribution < 1.29 is 9.21 Å². The Bertz CT molecular complexity index is 892. The molecule has 0 aliphatic carbocycles. The fraction of sp³-hybridized carbons (Fsp3) is 0.211. The minimum absolute atomic E-state index is 0.110. The number of nitrogens with one attached hydrogen (secondary N) is 1. The van der Waals surface area contributed by atoms with Crippen molar-refractivity contribution in [2.24, 2.45) is 0 Å². The van der Waals surface area contributed by atoms with Crippen LogP contribution in [0.3, 0.4) is 0 Å². The van der Waals surface area contributed by atoms with Crippen molar-refractivity contribution in [2.45, 2.75) is 25.9 Å². The van der Waals surface area contributed by atoms with Gasteiger partial charge in [0.2, 0.25) is 5.95 Å². The van der Waals surface area contributed by atoms with E-state index in [-0.39, 0.29) is 11.9 Å². The zero-order valence-corrected chi connectivity index (χ0v) is 13.8. The third-order valence-electron chi connectivity index (χ3n) is 4.30. The van der Waals surface area contributed by atoms with E-state index in [1.165, 1.54) is 5.56 Å². The Hall–Kier alpha value is -3.15. The fourth-order valence-corrected chi connectivity index (χ4v) is 3.14. The topological polar surface area (TPSA) is 71.3 Å². The van der Waals surface area contributed by atoms with E-state index in [0.29, 0.717) is 18.2 Å². The zero-order chi connectivity index (χ0) is 17.2. The van der Waals surface area contributed by atoms with Crippen LogP contribution in [-0.4, -0.2) is 21.9 Å². The van der Waals surface area contributed by atoms with Crippen molar-refractivity contribution in [3.63, 3.8) is 0 Å². The zero-order valence-electron chi connectivity index (χ0n) is 13.8. The maximum Gasteiger partial charge on any atom is 0.277 e. The number of carbonyl (C=O) groups excluding carboxylic acids is 1. The number of rotatable bonds is 4. The Kier molecular flexibility index (Phi) is 3.93. The minimum atomic E-state index is -0.110. The first-order chi connectivity index (χ1) is 12.2. The van der Waals surface area contributed by atoms with E-state index in [1.54, 1.807) is 18.5 Å². The van der Waals surface area contributed by atoms with Gasteiger partial charge in [-0.2, -0.15) is 0 Å². The van der Waals surface area contributed by atoms with Gasteiger partial charge in [-0.15, -0.1) is 0 Å². The number of amides is 1. The average Bonchev–Trinajstić information content (AvgIpc) is 3.26. The summed E-state index contributed by atoms with van der Waals surface area (Å²) >= 11 is 0. The lowest BCUT2D eigenvalue weighted by molar-refractivity contribution is 0.0976. The van der Waals surface area contributed by atoms with Crippen molar-refractivity contribution in [3.05, 3.63) is 71.9 Å². The Morgan fingerprint density at radius 1 is 1.28 bits per heavy atom. The summed E-state index contributed by atoms with van der Waals surface area (Å²) < 4.78 is 5.27. The van der Waals surface area contributed by atoms with Gasteiger partial charge >= 0.3 is 0 Å². The second-order valence-corrected chi connectivity index (χ2v) is 6.06. The van der Waals surface area contributed by atoms with E-state index in [0.717, 1.165) is 17.9 Å². The van der Waals surface area contributed by atoms with Crippen molar-refractivity contribution in [1.82, 2.24) is 9.97 Å². The van der Waals surface area contributed by atoms with Crippen LogP contribution in [0.4, 0.5) is 11.6 Å². The van der Waals surface area contributed by atoms with Crippen LogP contribution >= 0.6 is 0 Å². The number of para-hydroxylation sites is 1. The van der Waals surface area contributed by atoms with E-state index in [4.69, 9.17) is 4.42 Å². The van der Waals surface area contributed by atoms with Crippen molar-refractivity contribution >= 4 is 17.5 Å². The number of benzene rings is 1. The standard InChI is InChI=1S/C19H18N4O2/c1-13-11-14-5-2-3-7-17(14)23(13)18(24)16-8-9-20-19(22-16)21-12-15-6-4-10-25-15/h2-10,13H,11-12H2,1H3,(H,20,21,22). The summed E-state index contributed by atoms with van der Waals surface area (Å²) in [6, 6.07) is 13.4. The van der Waals surface area contributed by atoms with Gasteiger partial charge in [0.1, 0.15) is 11.5 Å². The Morgan fingerprint density at radius 3 is 3.00 bits per heavy atom. The third-order valence-corrected chi connectivity index (χ3v) is 4.30. The predicted molar refractivity (Wildman–Crippen MR) is 94.5 cm³/mol. The van der Waals surface area contributed by atoms with Crippen molar-refractivity contribution in [3.8, 4) is 0 Å². The molecule has 0 saturated carbocycles. The van der Waals surface area contributed by atoms with Gasteiger partial charge in [-0.25, -0.2) is 9.97 Å². The molecule has 1 aliphatic rings. The SMILES string of the molecule is CC1Cc2ccccc2N1C(=O)c1ccnc(NCc2ccco2)n1. The highest BCUT2D eigenvalue weighted by Gasteiger charge is 2.31. The molecule has 1 aliphatic heterocycles. The summed E-state index contributed by atoms with van der Waals surface area (Å²) in [5.74, 6) is 1.07. The summed E-state index contributed by atoms with van der Waals surface area (Å²) in [7, 11) is 0. The molecule has 3 heterocycles. The Morgan fingerprint density at radius 2 is 2.16 bits per heavy atom. The molecule has 6 heteroatoms. The van der Waals surface area contributed by atoms with Crippen molar-refractivity contribution in [2.75, 3.05) is 10.2 Å². The maximum absolute atomic E-state index is 13.0. The predicted octanol–water partition coefficient (Wildman–Crippen LogP) is 3.27. The van der Waals surface area contributed by atoms with Crippen molar-refractivity contribution in [1.29, 1.82) is 0 Å². The van der Waals surface area contributed by atoms with Crippen LogP contribution in [0, 0.1) is 0 Å². The Balaban J connectivity index is 1.55. The molecular formula is C19H18N4O2. The van der Waals surface area contributed by atoms with E-state index < -0.39 is 0 Å². The summed E-state index contributed by atoms with van der Waals surface area (Å²) in [5, 5.41) is 3.08. The number of hydrogen-bond acceptors (Lipinski definition) is 5. The molecule has 1 amide bonds. The van der Waals surface area contributed by atoms with Crippen LogP contribution in [0.5, 0.6) is 0 Å². The van der Waals surface area contributed by atoms with Gasteiger partial charge in [0.25, 0.3) is 5.91 Å². The van der Waals surface area contributed by atoms with Gasteiger partial charge in [0.15, 0.2) is 0 Å². The number of furan rings is 1. The summed E-state index contributed by atoms with van der Waals surface area (Å²) in [4.78, 5) is 23.4. The van der Waals surface area contributed by atoms with Gasteiger partial charge in [0.05, 0.1) is 12.8 Å². The lowest BCUT2D eigenvalue weighted by atomic mass is 10.1. The molecule has 1 atom stereocenters. The van der Waals surface area contributed by atoms with Gasteiger partial charge in [-0.1, -0.05) is 18.2 Å². The van der Waals surface area contributed by atoms with Crippen LogP contribution in [0.25, 0.3) is 0 Å². The van der Waals surface area contributed by atoms with Crippen LogP contribution in [-0.2, 0) is 13.0 Å². The number of fused-ring (bicyclic) bond motifs is 1. The molecule has 4 rings (SSSR count). The quantitative estimate of drug-likeness (QED) is 0.793. The maximum atomic E-state index is 13.0. The molecule has 1 N–H and O–H groups in total. The first-order valence-corrected chi connectivity index (χ1v) is 8.23. The molecule has 6 nitrogen and oxygen atoms in total. The second kappa shape index (κ2) is 6.39. The smallest absolute Gasteiger partial charge is 0.277 e. The van der Waals surface area contributed by atoms with Crippen LogP contribution in [0.1, 0.15) is 28.7 Å². The lowest BCUT2D eigenvalue weighted by Crippen LogP contribution is -2.36. The summed E-state index contributed by atoms with van der Waals surface area (Å²) in [6.45, 7) is 2.52. The molecule has 1 unspecified atom stereocenters. The molecule has 0 radical (unpaired) electrons. The minimum Gasteiger partial charge on any atom is -0.467 e. The highest BCUT2D eigenvalue weighted by Crippen LogP contribution is 2.32. The molecule has 0 bridgehead atoms. The molecular weight excluding hydrogens is 316 g/mol. The number of hydrogen-bond donors (Lipinski definition) is 1. The van der Waals surface area contributed by atoms with Crippen LogP contribution in [0.15, 0.2) is 59.3 Å². The molecule has 0 fully saturated rings. The van der Waals surface area contributed by atoms with Crippen LogP contribution < -0.4 is 10.2 Å². The lowest BCUT2D eigenvalue weighted by Gasteiger charge is -2.22. The van der Waals surface area contributed by atoms with Gasteiger partial charge in [0, 0.05) is 17.9 Å². The van der Waals surface area contributed by atoms with Gasteiger partial charge in [-0.05, 0) is 43.2 Å². The monoisotopic (exact) mass is 334 g/mol. The first-order valence-electron chi connectivity index (χ1n) is 8.23. The molecule has 0 spiro atoms. The summed E-state index contributed by atoms with van der Waals surface area (Å²) in [6.07, 6.45) is 4.07. The van der Waals surface area contributed by atoms with Crippen LogP contribution in [0.2, 0.25) is 0 Å². The third kappa shape index (κ3) is 2.98. The summed E-state index contributed by atoms with van der Waals surface area (Å²) in [5.41, 5.74) is 2.53. The number of aromatic nitrogens is 2. The van der Waals surface area contributed by atoms with E-state index in [2.05, 4.69) is 28.3 Å². The van der Waals surface area contributed by atoms with E-state index in [9.17, 15) is 4.79 Å². The molecule has 25 heavy (non-hydrogen) atoms. The fourth-order valence-electron chi connectivity index (χ4n) is 3.14. The number of carbonyl (C=O) groups is 1. The normalized spacial score (nSPS) is 15.9. The number of nitrogens with zero attached hydrogens (tertiary/aromatic N) is 3. The second-order valence-electron chi connectivity index (χ2n) is 6.06. The van der Waals surface area contributed by atoms with E-state index in [1.807, 2.05) is 35.2 Å². The molecule has 0 saturated heterocycles. The Labute approximate surface area is 145 Å². The highest BCUT2D eigenvalue weighted by atomic mass is 16.3.